The summed E-state index contributed by atoms with van der Waals surface area (Å²) >= 11 is 0. The number of pyridine rings is 2. The summed E-state index contributed by atoms with van der Waals surface area (Å²) in [7, 11) is 0. The van der Waals surface area contributed by atoms with Crippen LogP contribution < -0.4 is 4.90 Å². The van der Waals surface area contributed by atoms with E-state index in [1.165, 1.54) is 0 Å². The molecule has 0 aromatic carbocycles. The molecule has 0 radical (unpaired) electrons. The molecule has 1 aliphatic heterocycles. The van der Waals surface area contributed by atoms with E-state index in [2.05, 4.69) is 43.5 Å². The van der Waals surface area contributed by atoms with Crippen LogP contribution in [0.15, 0.2) is 36.8 Å². The normalized spacial score (nSPS) is 12.4. The van der Waals surface area contributed by atoms with Gasteiger partial charge in [-0.25, -0.2) is 15.0 Å². The number of aliphatic hydroxyl groups is 1. The minimum absolute atomic E-state index is 0.104. The van der Waals surface area contributed by atoms with Gasteiger partial charge < -0.3 is 10.0 Å². The highest BCUT2D eigenvalue weighted by atomic mass is 16.2. The minimum Gasteiger partial charge on any atom is -0.396 e. The highest BCUT2D eigenvalue weighted by Gasteiger charge is 2.27. The third-order valence-electron chi connectivity index (χ3n) is 4.34. The first-order valence-electron chi connectivity index (χ1n) is 8.12. The first-order valence-corrected chi connectivity index (χ1v) is 8.12. The van der Waals surface area contributed by atoms with E-state index in [1.54, 1.807) is 6.20 Å². The fraction of sp³-hybridized carbons (Fsp3) is 0.278. The van der Waals surface area contributed by atoms with E-state index in [9.17, 15) is 5.11 Å². The monoisotopic (exact) mass is 321 g/mol. The molecule has 1 aliphatic rings. The molecule has 0 bridgehead atoms. The van der Waals surface area contributed by atoms with Crippen molar-refractivity contribution >= 4 is 11.6 Å². The second-order valence-corrected chi connectivity index (χ2v) is 5.84. The van der Waals surface area contributed by atoms with Crippen molar-refractivity contribution in [1.29, 1.82) is 0 Å². The van der Waals surface area contributed by atoms with Crippen molar-refractivity contribution in [2.75, 3.05) is 18.1 Å². The van der Waals surface area contributed by atoms with E-state index in [4.69, 9.17) is 0 Å². The summed E-state index contributed by atoms with van der Waals surface area (Å²) in [5.74, 6) is 2.59. The zero-order valence-electron chi connectivity index (χ0n) is 13.8. The van der Waals surface area contributed by atoms with E-state index in [0.29, 0.717) is 6.42 Å². The van der Waals surface area contributed by atoms with Gasteiger partial charge in [-0.3, -0.25) is 4.57 Å². The second kappa shape index (κ2) is 5.72. The van der Waals surface area contributed by atoms with Crippen LogP contribution in [0.3, 0.4) is 0 Å². The summed E-state index contributed by atoms with van der Waals surface area (Å²) in [6.07, 6.45) is 6.08. The first-order chi connectivity index (χ1) is 11.7. The number of anilines is 2. The number of aliphatic hydroxyl groups excluding tert-OH is 1. The van der Waals surface area contributed by atoms with Gasteiger partial charge in [-0.1, -0.05) is 0 Å². The Morgan fingerprint density at radius 1 is 1.12 bits per heavy atom. The smallest absolute Gasteiger partial charge is 0.158 e. The molecule has 6 heteroatoms. The molecule has 4 heterocycles. The van der Waals surface area contributed by atoms with Crippen molar-refractivity contribution in [2.24, 2.45) is 0 Å². The third-order valence-corrected chi connectivity index (χ3v) is 4.34. The molecule has 4 rings (SSSR count). The maximum absolute atomic E-state index is 9.25. The molecular formula is C18H19N5O. The van der Waals surface area contributed by atoms with Crippen molar-refractivity contribution < 1.29 is 5.11 Å². The quantitative estimate of drug-likeness (QED) is 0.803. The van der Waals surface area contributed by atoms with Crippen molar-refractivity contribution in [2.45, 2.75) is 20.3 Å². The summed E-state index contributed by atoms with van der Waals surface area (Å²) in [5.41, 5.74) is 4.02. The van der Waals surface area contributed by atoms with Crippen LogP contribution in [0.5, 0.6) is 0 Å². The van der Waals surface area contributed by atoms with Crippen LogP contribution in [-0.2, 0) is 6.42 Å². The van der Waals surface area contributed by atoms with Crippen molar-refractivity contribution in [3.63, 3.8) is 0 Å². The number of rotatable bonds is 3. The van der Waals surface area contributed by atoms with Crippen molar-refractivity contribution in [3.8, 4) is 17.1 Å². The summed E-state index contributed by atoms with van der Waals surface area (Å²) in [6, 6.07) is 6.07. The first kappa shape index (κ1) is 14.8. The fourth-order valence-electron chi connectivity index (χ4n) is 3.25. The van der Waals surface area contributed by atoms with Crippen molar-refractivity contribution in [1.82, 2.24) is 19.5 Å². The van der Waals surface area contributed by atoms with Crippen LogP contribution in [0.4, 0.5) is 11.6 Å². The number of hydrogen-bond acceptors (Lipinski definition) is 5. The predicted octanol–water partition coefficient (Wildman–Crippen LogP) is 2.64. The lowest BCUT2D eigenvalue weighted by Crippen LogP contribution is -2.20. The SMILES string of the molecule is CCN1c2ncc(CCO)cc2-c2ncc(C)n2-c2cccnc21. The molecule has 6 nitrogen and oxygen atoms in total. The highest BCUT2D eigenvalue weighted by Crippen LogP contribution is 2.40. The number of hydrogen-bond donors (Lipinski definition) is 1. The van der Waals surface area contributed by atoms with Gasteiger partial charge in [0, 0.05) is 37.4 Å². The number of nitrogens with zero attached hydrogens (tertiary/aromatic N) is 5. The molecule has 0 saturated carbocycles. The predicted molar refractivity (Wildman–Crippen MR) is 92.8 cm³/mol. The maximum atomic E-state index is 9.25. The standard InChI is InChI=1S/C18H19N5O/c1-3-22-16-14(9-13(6-8-24)11-21-16)17-20-10-12(2)23(17)15-5-4-7-19-18(15)22/h4-5,7,9-11,24H,3,6,8H2,1-2H3. The van der Waals surface area contributed by atoms with E-state index in [-0.39, 0.29) is 6.61 Å². The average Bonchev–Trinajstić information content (AvgIpc) is 2.93. The average molecular weight is 321 g/mol. The molecule has 0 spiro atoms. The summed E-state index contributed by atoms with van der Waals surface area (Å²) in [5, 5.41) is 9.25. The molecule has 24 heavy (non-hydrogen) atoms. The number of aromatic nitrogens is 4. The second-order valence-electron chi connectivity index (χ2n) is 5.84. The Balaban J connectivity index is 2.06. The minimum atomic E-state index is 0.104. The molecule has 0 atom stereocenters. The van der Waals surface area contributed by atoms with Gasteiger partial charge in [-0.05, 0) is 44.0 Å². The van der Waals surface area contributed by atoms with E-state index in [0.717, 1.165) is 46.5 Å². The van der Waals surface area contributed by atoms with Gasteiger partial charge in [0.05, 0.1) is 11.3 Å². The van der Waals surface area contributed by atoms with Crippen LogP contribution in [0.1, 0.15) is 18.2 Å². The molecular weight excluding hydrogens is 302 g/mol. The Morgan fingerprint density at radius 3 is 2.79 bits per heavy atom. The lowest BCUT2D eigenvalue weighted by atomic mass is 10.1. The Hall–Kier alpha value is -2.73. The van der Waals surface area contributed by atoms with Gasteiger partial charge in [0.1, 0.15) is 11.6 Å². The maximum Gasteiger partial charge on any atom is 0.158 e. The molecule has 0 amide bonds. The van der Waals surface area contributed by atoms with Gasteiger partial charge in [-0.15, -0.1) is 0 Å². The molecule has 0 saturated heterocycles. The summed E-state index contributed by atoms with van der Waals surface area (Å²) < 4.78 is 2.13. The number of aryl methyl sites for hydroxylation is 1. The topological polar surface area (TPSA) is 67.1 Å². The molecule has 0 aliphatic carbocycles. The molecule has 3 aromatic rings. The largest absolute Gasteiger partial charge is 0.396 e. The molecule has 0 fully saturated rings. The Morgan fingerprint density at radius 2 is 2.00 bits per heavy atom. The highest BCUT2D eigenvalue weighted by molar-refractivity contribution is 5.83. The number of fused-ring (bicyclic) bond motifs is 5. The van der Waals surface area contributed by atoms with Crippen LogP contribution in [0, 0.1) is 6.92 Å². The van der Waals surface area contributed by atoms with E-state index < -0.39 is 0 Å². The van der Waals surface area contributed by atoms with Gasteiger partial charge in [-0.2, -0.15) is 0 Å². The van der Waals surface area contributed by atoms with Crippen LogP contribution in [-0.4, -0.2) is 37.8 Å². The molecule has 0 unspecified atom stereocenters. The van der Waals surface area contributed by atoms with Crippen LogP contribution >= 0.6 is 0 Å². The Kier molecular flexibility index (Phi) is 3.54. The van der Waals surface area contributed by atoms with Crippen molar-refractivity contribution in [3.05, 3.63) is 48.0 Å². The Labute approximate surface area is 140 Å². The summed E-state index contributed by atoms with van der Waals surface area (Å²) in [6.45, 7) is 4.99. The van der Waals surface area contributed by atoms with Gasteiger partial charge in [0.15, 0.2) is 5.82 Å². The third kappa shape index (κ3) is 2.11. The van der Waals surface area contributed by atoms with Crippen LogP contribution in [0.25, 0.3) is 17.1 Å². The fourth-order valence-corrected chi connectivity index (χ4v) is 3.25. The molecule has 1 N–H and O–H groups in total. The van der Waals surface area contributed by atoms with E-state index >= 15 is 0 Å². The molecule has 122 valence electrons. The van der Waals surface area contributed by atoms with Gasteiger partial charge in [0.2, 0.25) is 0 Å². The Bertz CT molecular complexity index is 902. The summed E-state index contributed by atoms with van der Waals surface area (Å²) in [4.78, 5) is 16.0. The van der Waals surface area contributed by atoms with Gasteiger partial charge >= 0.3 is 0 Å². The lowest BCUT2D eigenvalue weighted by Gasteiger charge is -2.22. The van der Waals surface area contributed by atoms with Crippen LogP contribution in [0.2, 0.25) is 0 Å². The zero-order chi connectivity index (χ0) is 16.7. The number of imidazole rings is 1. The lowest BCUT2D eigenvalue weighted by molar-refractivity contribution is 0.299. The van der Waals surface area contributed by atoms with E-state index in [1.807, 2.05) is 25.4 Å². The van der Waals surface area contributed by atoms with Gasteiger partial charge in [0.25, 0.3) is 0 Å². The molecule has 3 aromatic heterocycles. The zero-order valence-corrected chi connectivity index (χ0v) is 13.8.